The number of ketones is 1. The number of fused-ring (bicyclic) bond motifs is 2. The molecule has 2 aromatic rings. The minimum atomic E-state index is -0.629. The lowest BCUT2D eigenvalue weighted by Crippen LogP contribution is -2.35. The third kappa shape index (κ3) is 2.39. The van der Waals surface area contributed by atoms with Gasteiger partial charge in [-0.2, -0.15) is 0 Å². The summed E-state index contributed by atoms with van der Waals surface area (Å²) in [7, 11) is 0. The third-order valence-electron chi connectivity index (χ3n) is 4.89. The molecule has 0 saturated carbocycles. The van der Waals surface area contributed by atoms with Crippen LogP contribution in [-0.4, -0.2) is 29.1 Å². The Morgan fingerprint density at radius 1 is 1.15 bits per heavy atom. The van der Waals surface area contributed by atoms with Crippen molar-refractivity contribution in [1.82, 2.24) is 4.98 Å². The van der Waals surface area contributed by atoms with E-state index in [0.29, 0.717) is 22.5 Å². The number of esters is 1. The number of hydrogen-bond acceptors (Lipinski definition) is 5. The first-order chi connectivity index (χ1) is 12.6. The molecule has 26 heavy (non-hydrogen) atoms. The normalized spacial score (nSPS) is 21.2. The summed E-state index contributed by atoms with van der Waals surface area (Å²) in [5.74, 6) is -1.51. The second kappa shape index (κ2) is 6.33. The summed E-state index contributed by atoms with van der Waals surface area (Å²) in [6.45, 7) is 3.87. The van der Waals surface area contributed by atoms with Gasteiger partial charge in [0.1, 0.15) is 5.92 Å². The molecule has 1 aromatic heterocycles. The number of nitrogens with zero attached hydrogens (tertiary/aromatic N) is 2. The molecule has 1 unspecified atom stereocenters. The number of aromatic nitrogens is 1. The minimum absolute atomic E-state index is 0.0741. The lowest BCUT2D eigenvalue weighted by molar-refractivity contribution is -0.145. The van der Waals surface area contributed by atoms with Gasteiger partial charge in [-0.05, 0) is 25.5 Å². The van der Waals surface area contributed by atoms with E-state index in [-0.39, 0.29) is 18.4 Å². The van der Waals surface area contributed by atoms with E-state index in [4.69, 9.17) is 4.74 Å². The van der Waals surface area contributed by atoms with Crippen LogP contribution in [0.2, 0.25) is 0 Å². The number of rotatable bonds is 3. The van der Waals surface area contributed by atoms with Gasteiger partial charge < -0.3 is 4.74 Å². The molecule has 0 saturated heterocycles. The summed E-state index contributed by atoms with van der Waals surface area (Å²) in [5, 5.41) is 0. The van der Waals surface area contributed by atoms with Crippen molar-refractivity contribution in [3.05, 3.63) is 71.1 Å². The number of aliphatic imine (C=N–C) groups is 1. The Kier molecular flexibility index (Phi) is 3.99. The zero-order valence-electron chi connectivity index (χ0n) is 14.6. The maximum absolute atomic E-state index is 13.1. The summed E-state index contributed by atoms with van der Waals surface area (Å²) in [6.07, 6.45) is 3.38. The molecular formula is C21H18N2O3. The van der Waals surface area contributed by atoms with Gasteiger partial charge in [0.25, 0.3) is 0 Å². The number of benzene rings is 1. The number of allylic oxidation sites excluding steroid dienone is 1. The smallest absolute Gasteiger partial charge is 0.315 e. The van der Waals surface area contributed by atoms with E-state index in [1.807, 2.05) is 37.3 Å². The van der Waals surface area contributed by atoms with Gasteiger partial charge in [-0.25, -0.2) is 0 Å². The van der Waals surface area contributed by atoms with Gasteiger partial charge in [0.15, 0.2) is 5.78 Å². The Hall–Kier alpha value is -3.08. The second-order valence-corrected chi connectivity index (χ2v) is 6.38. The van der Waals surface area contributed by atoms with Crippen LogP contribution in [0.1, 0.15) is 41.3 Å². The van der Waals surface area contributed by atoms with Gasteiger partial charge in [0.2, 0.25) is 0 Å². The van der Waals surface area contributed by atoms with Crippen LogP contribution < -0.4 is 0 Å². The highest BCUT2D eigenvalue weighted by atomic mass is 16.5. The maximum Gasteiger partial charge on any atom is 0.315 e. The molecule has 0 bridgehead atoms. The van der Waals surface area contributed by atoms with Gasteiger partial charge in [0, 0.05) is 40.7 Å². The molecule has 0 radical (unpaired) electrons. The van der Waals surface area contributed by atoms with Crippen LogP contribution in [0.4, 0.5) is 0 Å². The number of hydrogen-bond donors (Lipinski definition) is 0. The van der Waals surface area contributed by atoms with E-state index < -0.39 is 11.8 Å². The van der Waals surface area contributed by atoms with E-state index in [2.05, 4.69) is 9.98 Å². The topological polar surface area (TPSA) is 68.6 Å². The molecule has 0 spiro atoms. The Morgan fingerprint density at radius 3 is 2.62 bits per heavy atom. The summed E-state index contributed by atoms with van der Waals surface area (Å²) >= 11 is 0. The fraction of sp³-hybridized carbons (Fsp3) is 0.238. The average molecular weight is 346 g/mol. The van der Waals surface area contributed by atoms with Crippen LogP contribution in [-0.2, 0) is 9.53 Å². The first-order valence-electron chi connectivity index (χ1n) is 8.63. The van der Waals surface area contributed by atoms with E-state index in [1.165, 1.54) is 0 Å². The fourth-order valence-corrected chi connectivity index (χ4v) is 3.81. The quantitative estimate of drug-likeness (QED) is 0.799. The Morgan fingerprint density at radius 2 is 1.92 bits per heavy atom. The summed E-state index contributed by atoms with van der Waals surface area (Å²) in [5.41, 5.74) is 4.14. The van der Waals surface area contributed by atoms with Crippen molar-refractivity contribution in [2.75, 3.05) is 6.61 Å². The molecule has 0 N–H and O–H groups in total. The predicted molar refractivity (Wildman–Crippen MR) is 97.9 cm³/mol. The van der Waals surface area contributed by atoms with E-state index in [0.717, 1.165) is 11.1 Å². The summed E-state index contributed by atoms with van der Waals surface area (Å²) in [6, 6.07) is 11.1. The van der Waals surface area contributed by atoms with Crippen LogP contribution in [0, 0.1) is 5.92 Å². The first kappa shape index (κ1) is 16.4. The zero-order valence-corrected chi connectivity index (χ0v) is 14.6. The summed E-state index contributed by atoms with van der Waals surface area (Å²) in [4.78, 5) is 34.7. The van der Waals surface area contributed by atoms with Crippen molar-refractivity contribution in [3.63, 3.8) is 0 Å². The van der Waals surface area contributed by atoms with Gasteiger partial charge in [-0.1, -0.05) is 30.3 Å². The Labute approximate surface area is 151 Å². The monoisotopic (exact) mass is 346 g/mol. The fourth-order valence-electron chi connectivity index (χ4n) is 3.81. The molecule has 1 aliphatic carbocycles. The molecule has 1 aromatic carbocycles. The molecule has 5 heteroatoms. The number of Topliss-reactive ketones (excluding diaryl/α,β-unsaturated/α-hetero) is 1. The molecule has 0 fully saturated rings. The number of pyridine rings is 1. The van der Waals surface area contributed by atoms with Crippen molar-refractivity contribution in [1.29, 1.82) is 0 Å². The van der Waals surface area contributed by atoms with Gasteiger partial charge >= 0.3 is 5.97 Å². The minimum Gasteiger partial charge on any atom is -0.465 e. The first-order valence-corrected chi connectivity index (χ1v) is 8.63. The van der Waals surface area contributed by atoms with Crippen molar-refractivity contribution >= 4 is 23.2 Å². The van der Waals surface area contributed by atoms with Gasteiger partial charge in [-0.15, -0.1) is 0 Å². The van der Waals surface area contributed by atoms with Gasteiger partial charge in [-0.3, -0.25) is 19.6 Å². The SMILES string of the molecule is CCOC(=O)C1C(C)=NC2=C(C(=O)c3ccccc32)[C@H]1c1cccnc1. The van der Waals surface area contributed by atoms with Crippen LogP contribution >= 0.6 is 0 Å². The number of carbonyl (C=O) groups is 2. The van der Waals surface area contributed by atoms with Crippen molar-refractivity contribution in [2.45, 2.75) is 19.8 Å². The molecule has 2 heterocycles. The van der Waals surface area contributed by atoms with Crippen LogP contribution in [0.15, 0.2) is 59.4 Å². The zero-order chi connectivity index (χ0) is 18.3. The standard InChI is InChI=1S/C21H18N2O3/c1-3-26-21(25)16-12(2)23-19-14-8-4-5-9-15(14)20(24)18(19)17(16)13-7-6-10-22-11-13/h4-11,16-17H,3H2,1-2H3/t16?,17-/m0/s1. The second-order valence-electron chi connectivity index (χ2n) is 6.38. The molecular weight excluding hydrogens is 328 g/mol. The molecule has 130 valence electrons. The maximum atomic E-state index is 13.1. The third-order valence-corrected chi connectivity index (χ3v) is 4.89. The lowest BCUT2D eigenvalue weighted by Gasteiger charge is -2.30. The van der Waals surface area contributed by atoms with E-state index in [1.54, 1.807) is 25.4 Å². The average Bonchev–Trinajstić information content (AvgIpc) is 2.94. The highest BCUT2D eigenvalue weighted by Crippen LogP contribution is 2.47. The highest BCUT2D eigenvalue weighted by Gasteiger charge is 2.46. The molecule has 2 aliphatic rings. The Balaban J connectivity index is 1.92. The number of carbonyl (C=O) groups excluding carboxylic acids is 2. The van der Waals surface area contributed by atoms with E-state index >= 15 is 0 Å². The molecule has 1 aliphatic heterocycles. The van der Waals surface area contributed by atoms with Crippen molar-refractivity contribution < 1.29 is 14.3 Å². The molecule has 5 nitrogen and oxygen atoms in total. The van der Waals surface area contributed by atoms with Crippen LogP contribution in [0.5, 0.6) is 0 Å². The summed E-state index contributed by atoms with van der Waals surface area (Å²) < 4.78 is 5.29. The van der Waals surface area contributed by atoms with Crippen molar-refractivity contribution in [3.8, 4) is 0 Å². The highest BCUT2D eigenvalue weighted by molar-refractivity contribution is 6.24. The van der Waals surface area contributed by atoms with E-state index in [9.17, 15) is 9.59 Å². The molecule has 4 rings (SSSR count). The van der Waals surface area contributed by atoms with Crippen molar-refractivity contribution in [2.24, 2.45) is 10.9 Å². The predicted octanol–water partition coefficient (Wildman–Crippen LogP) is 3.43. The largest absolute Gasteiger partial charge is 0.465 e. The molecule has 2 atom stereocenters. The lowest BCUT2D eigenvalue weighted by atomic mass is 9.75. The molecule has 0 amide bonds. The van der Waals surface area contributed by atoms with Crippen LogP contribution in [0.3, 0.4) is 0 Å². The number of ether oxygens (including phenoxy) is 1. The Bertz CT molecular complexity index is 960. The van der Waals surface area contributed by atoms with Crippen LogP contribution in [0.25, 0.3) is 5.70 Å². The van der Waals surface area contributed by atoms with Gasteiger partial charge in [0.05, 0.1) is 12.3 Å².